The van der Waals surface area contributed by atoms with E-state index >= 15 is 0 Å². The van der Waals surface area contributed by atoms with Crippen LogP contribution in [0.4, 0.5) is 0 Å². The van der Waals surface area contributed by atoms with E-state index in [4.69, 9.17) is 4.74 Å². The van der Waals surface area contributed by atoms with Crippen LogP contribution in [-0.4, -0.2) is 14.7 Å². The molecule has 0 fully saturated rings. The van der Waals surface area contributed by atoms with Gasteiger partial charge in [0.05, 0.1) is 0 Å². The summed E-state index contributed by atoms with van der Waals surface area (Å²) >= 11 is -1.32. The Balaban J connectivity index is 2.24. The van der Waals surface area contributed by atoms with Crippen molar-refractivity contribution in [3.8, 4) is 11.5 Å². The predicted octanol–water partition coefficient (Wildman–Crippen LogP) is 3.20. The molecule has 0 unspecified atom stereocenters. The molecule has 2 aromatic rings. The van der Waals surface area contributed by atoms with Crippen molar-refractivity contribution in [2.75, 3.05) is 0 Å². The van der Waals surface area contributed by atoms with Gasteiger partial charge in [-0.05, 0) is 0 Å². The SMILES string of the molecule is CC(C)(C)[As]1c2ccccc2Oc2ccccc21. The van der Waals surface area contributed by atoms with Crippen molar-refractivity contribution < 1.29 is 4.74 Å². The van der Waals surface area contributed by atoms with Crippen LogP contribution in [0.1, 0.15) is 20.8 Å². The average molecular weight is 300 g/mol. The fraction of sp³-hybridized carbons (Fsp3) is 0.250. The Morgan fingerprint density at radius 2 is 1.22 bits per heavy atom. The van der Waals surface area contributed by atoms with Crippen molar-refractivity contribution in [3.63, 3.8) is 0 Å². The molecule has 0 aromatic heterocycles. The molecule has 18 heavy (non-hydrogen) atoms. The second-order valence-electron chi connectivity index (χ2n) is 5.54. The first-order chi connectivity index (χ1) is 8.57. The van der Waals surface area contributed by atoms with Crippen molar-refractivity contribution in [1.82, 2.24) is 0 Å². The molecule has 0 N–H and O–H groups in total. The first-order valence-electron chi connectivity index (χ1n) is 6.23. The Morgan fingerprint density at radius 3 is 1.67 bits per heavy atom. The third kappa shape index (κ3) is 1.87. The van der Waals surface area contributed by atoms with Crippen molar-refractivity contribution in [3.05, 3.63) is 48.5 Å². The first-order valence-corrected chi connectivity index (χ1v) is 9.05. The van der Waals surface area contributed by atoms with Gasteiger partial charge in [-0.2, -0.15) is 0 Å². The number of ether oxygens (including phenoxy) is 1. The molecule has 2 aromatic carbocycles. The third-order valence-corrected chi connectivity index (χ3v) is 9.49. The second kappa shape index (κ2) is 4.17. The van der Waals surface area contributed by atoms with E-state index in [1.165, 1.54) is 8.70 Å². The molecule has 0 bridgehead atoms. The molecule has 2 heteroatoms. The summed E-state index contributed by atoms with van der Waals surface area (Å²) in [4.78, 5) is 0. The van der Waals surface area contributed by atoms with Crippen LogP contribution in [0.2, 0.25) is 4.20 Å². The molecule has 1 heterocycles. The van der Waals surface area contributed by atoms with Crippen LogP contribution >= 0.6 is 0 Å². The molecule has 1 aliphatic rings. The summed E-state index contributed by atoms with van der Waals surface area (Å²) in [6.07, 6.45) is 0. The van der Waals surface area contributed by atoms with E-state index in [1.54, 1.807) is 0 Å². The molecule has 0 spiro atoms. The Bertz CT molecular complexity index is 538. The molecule has 0 atom stereocenters. The standard InChI is InChI=1S/C16H17AsO/c1-16(2,3)17-12-8-4-6-10-14(12)18-15-11-7-5-9-13(15)17/h4-11H,1-3H3. The van der Waals surface area contributed by atoms with Gasteiger partial charge in [0.25, 0.3) is 0 Å². The molecule has 92 valence electrons. The van der Waals surface area contributed by atoms with Gasteiger partial charge in [0.1, 0.15) is 0 Å². The molecular weight excluding hydrogens is 283 g/mol. The van der Waals surface area contributed by atoms with E-state index in [0.29, 0.717) is 4.20 Å². The van der Waals surface area contributed by atoms with Crippen molar-refractivity contribution in [1.29, 1.82) is 0 Å². The van der Waals surface area contributed by atoms with Crippen LogP contribution in [0.15, 0.2) is 48.5 Å². The maximum absolute atomic E-state index is 6.04. The van der Waals surface area contributed by atoms with Crippen molar-refractivity contribution in [2.24, 2.45) is 0 Å². The number of fused-ring (bicyclic) bond motifs is 2. The normalized spacial score (nSPS) is 14.6. The average Bonchev–Trinajstić information content (AvgIpc) is 2.34. The zero-order valence-corrected chi connectivity index (χ0v) is 12.9. The Labute approximate surface area is 113 Å². The Kier molecular flexibility index (Phi) is 2.75. The molecule has 0 saturated carbocycles. The predicted molar refractivity (Wildman–Crippen MR) is 77.7 cm³/mol. The summed E-state index contributed by atoms with van der Waals surface area (Å²) in [6.45, 7) is 7.06. The summed E-state index contributed by atoms with van der Waals surface area (Å²) in [5.41, 5.74) is 0. The van der Waals surface area contributed by atoms with E-state index < -0.39 is 14.7 Å². The van der Waals surface area contributed by atoms with Gasteiger partial charge in [-0.1, -0.05) is 0 Å². The summed E-state index contributed by atoms with van der Waals surface area (Å²) < 4.78 is 9.24. The fourth-order valence-electron chi connectivity index (χ4n) is 2.43. The zero-order chi connectivity index (χ0) is 12.8. The maximum atomic E-state index is 6.04. The number of benzene rings is 2. The summed E-state index contributed by atoms with van der Waals surface area (Å²) in [5.74, 6) is 2.12. The minimum absolute atomic E-state index is 0.322. The van der Waals surface area contributed by atoms with Gasteiger partial charge in [0, 0.05) is 0 Å². The van der Waals surface area contributed by atoms with Crippen LogP contribution in [0.25, 0.3) is 0 Å². The Morgan fingerprint density at radius 1 is 0.778 bits per heavy atom. The molecule has 3 rings (SSSR count). The van der Waals surface area contributed by atoms with Crippen LogP contribution in [0, 0.1) is 0 Å². The molecule has 1 aliphatic heterocycles. The van der Waals surface area contributed by atoms with E-state index in [2.05, 4.69) is 69.3 Å². The van der Waals surface area contributed by atoms with Gasteiger partial charge < -0.3 is 0 Å². The zero-order valence-electron chi connectivity index (χ0n) is 11.0. The fourth-order valence-corrected chi connectivity index (χ4v) is 8.42. The number of para-hydroxylation sites is 2. The van der Waals surface area contributed by atoms with Gasteiger partial charge in [0.2, 0.25) is 0 Å². The monoisotopic (exact) mass is 300 g/mol. The van der Waals surface area contributed by atoms with E-state index in [9.17, 15) is 0 Å². The second-order valence-corrected chi connectivity index (χ2v) is 11.8. The van der Waals surface area contributed by atoms with Crippen LogP contribution in [-0.2, 0) is 0 Å². The quantitative estimate of drug-likeness (QED) is 0.679. The van der Waals surface area contributed by atoms with Crippen LogP contribution < -0.4 is 13.4 Å². The van der Waals surface area contributed by atoms with Crippen LogP contribution in [0.5, 0.6) is 11.5 Å². The van der Waals surface area contributed by atoms with Crippen LogP contribution in [0.3, 0.4) is 0 Å². The molecule has 1 nitrogen and oxygen atoms in total. The Hall–Kier alpha value is -1.20. The number of rotatable bonds is 0. The summed E-state index contributed by atoms with van der Waals surface area (Å²) in [6, 6.07) is 17.1. The number of hydrogen-bond donors (Lipinski definition) is 0. The molecule has 0 radical (unpaired) electrons. The van der Waals surface area contributed by atoms with E-state index in [1.807, 2.05) is 0 Å². The molecule has 0 saturated heterocycles. The molecule has 0 amide bonds. The third-order valence-electron chi connectivity index (χ3n) is 3.10. The molecule has 0 aliphatic carbocycles. The van der Waals surface area contributed by atoms with Crippen molar-refractivity contribution >= 4 is 23.4 Å². The van der Waals surface area contributed by atoms with Gasteiger partial charge in [0.15, 0.2) is 0 Å². The van der Waals surface area contributed by atoms with Gasteiger partial charge in [-0.25, -0.2) is 0 Å². The first kappa shape index (κ1) is 11.9. The minimum atomic E-state index is -1.32. The van der Waals surface area contributed by atoms with Gasteiger partial charge in [-0.15, -0.1) is 0 Å². The van der Waals surface area contributed by atoms with Crippen molar-refractivity contribution in [2.45, 2.75) is 25.0 Å². The topological polar surface area (TPSA) is 9.23 Å². The van der Waals surface area contributed by atoms with E-state index in [0.717, 1.165) is 11.5 Å². The summed E-state index contributed by atoms with van der Waals surface area (Å²) in [5, 5.41) is 0. The van der Waals surface area contributed by atoms with Gasteiger partial charge in [-0.3, -0.25) is 0 Å². The van der Waals surface area contributed by atoms with Gasteiger partial charge >= 0.3 is 113 Å². The number of hydrogen-bond acceptors (Lipinski definition) is 1. The van der Waals surface area contributed by atoms with E-state index in [-0.39, 0.29) is 0 Å². The molecular formula is C16H17AsO. The summed E-state index contributed by atoms with van der Waals surface area (Å²) in [7, 11) is 0.